The Morgan fingerprint density at radius 2 is 2.06 bits per heavy atom. The van der Waals surface area contributed by atoms with Crippen molar-refractivity contribution in [1.29, 1.82) is 0 Å². The minimum absolute atomic E-state index is 0.272. The van der Waals surface area contributed by atoms with Crippen molar-refractivity contribution in [3.8, 4) is 0 Å². The molecule has 0 saturated heterocycles. The van der Waals surface area contributed by atoms with Gasteiger partial charge in [-0.05, 0) is 32.7 Å². The quantitative estimate of drug-likeness (QED) is 0.231. The second-order valence-electron chi connectivity index (χ2n) is 3.90. The van der Waals surface area contributed by atoms with Crippen LogP contribution < -0.4 is 0 Å². The first-order valence-electron chi connectivity index (χ1n) is 4.80. The van der Waals surface area contributed by atoms with Gasteiger partial charge in [0.05, 0.1) is 12.2 Å². The van der Waals surface area contributed by atoms with E-state index in [-0.39, 0.29) is 6.61 Å². The van der Waals surface area contributed by atoms with Gasteiger partial charge in [-0.25, -0.2) is 9.68 Å². The summed E-state index contributed by atoms with van der Waals surface area (Å²) >= 11 is 0. The maximum atomic E-state index is 10.9. The Labute approximate surface area is 94.9 Å². The van der Waals surface area contributed by atoms with Crippen LogP contribution in [-0.4, -0.2) is 24.7 Å². The first-order chi connectivity index (χ1) is 7.35. The molecule has 94 valence electrons. The minimum Gasteiger partial charge on any atom is -0.403 e. The van der Waals surface area contributed by atoms with Gasteiger partial charge in [0.15, 0.2) is 0 Å². The summed E-state index contributed by atoms with van der Waals surface area (Å²) in [7, 11) is 0. The molecule has 1 atom stereocenters. The molecule has 0 aliphatic rings. The maximum absolute atomic E-state index is 10.9. The molecule has 0 N–H and O–H groups in total. The lowest BCUT2D eigenvalue weighted by atomic mass is 10.2. The molecule has 0 saturated carbocycles. The Hall–Kier alpha value is -1.11. The van der Waals surface area contributed by atoms with Gasteiger partial charge in [-0.15, -0.1) is 6.58 Å². The highest BCUT2D eigenvalue weighted by Crippen LogP contribution is 2.07. The summed E-state index contributed by atoms with van der Waals surface area (Å²) in [5.74, 6) is 0. The molecule has 0 aromatic carbocycles. The molecule has 0 aromatic rings. The molecule has 0 radical (unpaired) electrons. The Morgan fingerprint density at radius 3 is 2.56 bits per heavy atom. The Kier molecular flexibility index (Phi) is 6.71. The zero-order chi connectivity index (χ0) is 12.6. The van der Waals surface area contributed by atoms with Crippen LogP contribution in [0.3, 0.4) is 0 Å². The van der Waals surface area contributed by atoms with Gasteiger partial charge in [-0.2, -0.15) is 4.89 Å². The van der Waals surface area contributed by atoms with E-state index < -0.39 is 18.0 Å². The van der Waals surface area contributed by atoms with Crippen molar-refractivity contribution in [2.24, 2.45) is 0 Å². The van der Waals surface area contributed by atoms with Crippen LogP contribution in [0.15, 0.2) is 12.7 Å². The molecule has 0 amide bonds. The first-order valence-corrected chi connectivity index (χ1v) is 4.80. The van der Waals surface area contributed by atoms with Crippen molar-refractivity contribution in [3.05, 3.63) is 12.7 Å². The number of rotatable bonds is 6. The van der Waals surface area contributed by atoms with E-state index in [4.69, 9.17) is 4.74 Å². The number of ether oxygens (including phenoxy) is 2. The molecule has 0 rings (SSSR count). The van der Waals surface area contributed by atoms with Gasteiger partial charge < -0.3 is 9.47 Å². The van der Waals surface area contributed by atoms with Crippen molar-refractivity contribution >= 4 is 6.16 Å². The lowest BCUT2D eigenvalue weighted by Crippen LogP contribution is -2.23. The summed E-state index contributed by atoms with van der Waals surface area (Å²) in [6.45, 7) is 10.5. The van der Waals surface area contributed by atoms with Crippen molar-refractivity contribution in [2.45, 2.75) is 39.6 Å². The number of carbonyl (C=O) groups is 1. The summed E-state index contributed by atoms with van der Waals surface area (Å²) in [5.41, 5.74) is -0.578. The van der Waals surface area contributed by atoms with Crippen LogP contribution >= 0.6 is 0 Å². The molecule has 6 nitrogen and oxygen atoms in total. The third-order valence-electron chi connectivity index (χ3n) is 1.10. The summed E-state index contributed by atoms with van der Waals surface area (Å²) in [5, 5.41) is 4.21. The van der Waals surface area contributed by atoms with E-state index in [2.05, 4.69) is 26.1 Å². The average molecular weight is 234 g/mol. The Morgan fingerprint density at radius 1 is 1.44 bits per heavy atom. The second-order valence-corrected chi connectivity index (χ2v) is 3.90. The van der Waals surface area contributed by atoms with Crippen LogP contribution in [0.4, 0.5) is 4.79 Å². The van der Waals surface area contributed by atoms with Gasteiger partial charge in [0.25, 0.3) is 0 Å². The zero-order valence-corrected chi connectivity index (χ0v) is 10.0. The molecular formula is C10H18O6. The molecule has 0 spiro atoms. The van der Waals surface area contributed by atoms with Gasteiger partial charge in [0.1, 0.15) is 0 Å². The fourth-order valence-corrected chi connectivity index (χ4v) is 0.540. The fraction of sp³-hybridized carbons (Fsp3) is 0.700. The van der Waals surface area contributed by atoms with E-state index in [9.17, 15) is 4.79 Å². The van der Waals surface area contributed by atoms with Crippen LogP contribution in [0.5, 0.6) is 0 Å². The fourth-order valence-electron chi connectivity index (χ4n) is 0.540. The number of carbonyl (C=O) groups excluding carboxylic acids is 1. The van der Waals surface area contributed by atoms with Gasteiger partial charge in [-0.1, -0.05) is 6.08 Å². The standard InChI is InChI=1S/C10H18O6/c1-6-7-12-8(2)13-9(11)14-16-15-10(3,4)5/h6,8H,1,7H2,2-5H3. The largest absolute Gasteiger partial charge is 0.544 e. The van der Waals surface area contributed by atoms with Crippen LogP contribution in [-0.2, 0) is 24.3 Å². The predicted octanol–water partition coefficient (Wildman–Crippen LogP) is 2.35. The molecule has 16 heavy (non-hydrogen) atoms. The Bertz CT molecular complexity index is 220. The SMILES string of the molecule is C=CCOC(C)OC(=O)OOOC(C)(C)C. The van der Waals surface area contributed by atoms with E-state index in [0.29, 0.717) is 0 Å². The topological polar surface area (TPSA) is 63.2 Å². The second kappa shape index (κ2) is 7.21. The van der Waals surface area contributed by atoms with E-state index >= 15 is 0 Å². The highest BCUT2D eigenvalue weighted by atomic mass is 17.5. The molecule has 0 aliphatic heterocycles. The highest BCUT2D eigenvalue weighted by Gasteiger charge is 2.16. The molecule has 0 aliphatic carbocycles. The molecule has 0 bridgehead atoms. The van der Waals surface area contributed by atoms with Gasteiger partial charge in [0, 0.05) is 0 Å². The highest BCUT2D eigenvalue weighted by molar-refractivity contribution is 5.59. The molecule has 0 aromatic heterocycles. The molecule has 1 unspecified atom stereocenters. The minimum atomic E-state index is -1.04. The number of hydrogen-bond donors (Lipinski definition) is 0. The average Bonchev–Trinajstić information content (AvgIpc) is 2.12. The summed E-state index contributed by atoms with van der Waals surface area (Å²) in [4.78, 5) is 19.8. The third kappa shape index (κ3) is 9.45. The van der Waals surface area contributed by atoms with Gasteiger partial charge in [0.2, 0.25) is 6.29 Å². The summed E-state index contributed by atoms with van der Waals surface area (Å²) in [6.07, 6.45) is -0.255. The summed E-state index contributed by atoms with van der Waals surface area (Å²) in [6, 6.07) is 0. The van der Waals surface area contributed by atoms with E-state index in [1.165, 1.54) is 13.0 Å². The molecular weight excluding hydrogens is 216 g/mol. The van der Waals surface area contributed by atoms with E-state index in [1.807, 2.05) is 0 Å². The van der Waals surface area contributed by atoms with E-state index in [1.54, 1.807) is 20.8 Å². The smallest absolute Gasteiger partial charge is 0.403 e. The van der Waals surface area contributed by atoms with Crippen LogP contribution in [0.1, 0.15) is 27.7 Å². The summed E-state index contributed by atoms with van der Waals surface area (Å²) < 4.78 is 9.60. The lowest BCUT2D eigenvalue weighted by molar-refractivity contribution is -0.515. The Balaban J connectivity index is 3.62. The number of hydrogen-bond acceptors (Lipinski definition) is 6. The van der Waals surface area contributed by atoms with Crippen molar-refractivity contribution in [2.75, 3.05) is 6.61 Å². The first kappa shape index (κ1) is 14.9. The molecule has 0 heterocycles. The predicted molar refractivity (Wildman–Crippen MR) is 55.1 cm³/mol. The van der Waals surface area contributed by atoms with Crippen molar-refractivity contribution < 1.29 is 29.1 Å². The van der Waals surface area contributed by atoms with Gasteiger partial charge >= 0.3 is 6.16 Å². The third-order valence-corrected chi connectivity index (χ3v) is 1.10. The van der Waals surface area contributed by atoms with Crippen LogP contribution in [0.2, 0.25) is 0 Å². The van der Waals surface area contributed by atoms with Crippen LogP contribution in [0, 0.1) is 0 Å². The van der Waals surface area contributed by atoms with Crippen LogP contribution in [0.25, 0.3) is 0 Å². The lowest BCUT2D eigenvalue weighted by Gasteiger charge is -2.16. The molecule has 0 fully saturated rings. The monoisotopic (exact) mass is 234 g/mol. The van der Waals surface area contributed by atoms with Gasteiger partial charge in [-0.3, -0.25) is 0 Å². The van der Waals surface area contributed by atoms with E-state index in [0.717, 1.165) is 0 Å². The maximum Gasteiger partial charge on any atom is 0.544 e. The zero-order valence-electron chi connectivity index (χ0n) is 10.0. The normalized spacial score (nSPS) is 13.0. The van der Waals surface area contributed by atoms with Crippen molar-refractivity contribution in [3.63, 3.8) is 0 Å². The molecule has 6 heteroatoms. The van der Waals surface area contributed by atoms with Crippen molar-refractivity contribution in [1.82, 2.24) is 0 Å².